The van der Waals surface area contributed by atoms with E-state index in [0.29, 0.717) is 29.2 Å². The van der Waals surface area contributed by atoms with Gasteiger partial charge in [0.25, 0.3) is 0 Å². The zero-order valence-corrected chi connectivity index (χ0v) is 19.0. The highest BCUT2D eigenvalue weighted by molar-refractivity contribution is 7.91. The first-order chi connectivity index (χ1) is 14.0. The summed E-state index contributed by atoms with van der Waals surface area (Å²) in [6, 6.07) is 12.5. The molecule has 0 bridgehead atoms. The molecule has 0 fully saturated rings. The number of hydrogen-bond donors (Lipinski definition) is 1. The third-order valence-corrected chi connectivity index (χ3v) is 6.22. The third-order valence-electron chi connectivity index (χ3n) is 4.96. The Labute approximate surface area is 179 Å². The van der Waals surface area contributed by atoms with Crippen molar-refractivity contribution in [3.8, 4) is 5.75 Å². The minimum absolute atomic E-state index is 0.0328. The summed E-state index contributed by atoms with van der Waals surface area (Å²) in [5.41, 5.74) is 2.12. The highest BCUT2D eigenvalue weighted by atomic mass is 32.2. The van der Waals surface area contributed by atoms with Crippen molar-refractivity contribution in [3.63, 3.8) is 0 Å². The van der Waals surface area contributed by atoms with E-state index in [2.05, 4.69) is 4.72 Å². The van der Waals surface area contributed by atoms with E-state index in [4.69, 9.17) is 4.74 Å². The maximum absolute atomic E-state index is 13.1. The molecular formula is C23H30N2O4S. The topological polar surface area (TPSA) is 75.7 Å². The van der Waals surface area contributed by atoms with Crippen LogP contribution in [0.1, 0.15) is 38.8 Å². The van der Waals surface area contributed by atoms with Crippen LogP contribution in [0.2, 0.25) is 0 Å². The molecule has 7 heteroatoms. The van der Waals surface area contributed by atoms with Gasteiger partial charge in [0.1, 0.15) is 12.4 Å². The number of carbonyl (C=O) groups excluding carboxylic acids is 1. The fourth-order valence-electron chi connectivity index (χ4n) is 3.37. The van der Waals surface area contributed by atoms with Crippen molar-refractivity contribution in [1.82, 2.24) is 0 Å². The van der Waals surface area contributed by atoms with Crippen LogP contribution in [0.25, 0.3) is 0 Å². The number of rotatable bonds is 6. The smallest absolute Gasteiger partial charge is 0.236 e. The van der Waals surface area contributed by atoms with Gasteiger partial charge in [-0.3, -0.25) is 9.52 Å². The van der Waals surface area contributed by atoms with Crippen molar-refractivity contribution in [1.29, 1.82) is 0 Å². The van der Waals surface area contributed by atoms with Crippen LogP contribution in [0.3, 0.4) is 0 Å². The first-order valence-corrected chi connectivity index (χ1v) is 11.8. The Morgan fingerprint density at radius 2 is 1.80 bits per heavy atom. The summed E-state index contributed by atoms with van der Waals surface area (Å²) in [6.07, 6.45) is 0. The van der Waals surface area contributed by atoms with E-state index >= 15 is 0 Å². The van der Waals surface area contributed by atoms with Crippen molar-refractivity contribution in [3.05, 3.63) is 53.6 Å². The van der Waals surface area contributed by atoms with E-state index in [9.17, 15) is 13.2 Å². The van der Waals surface area contributed by atoms with Gasteiger partial charge in [-0.25, -0.2) is 8.42 Å². The molecule has 0 unspecified atom stereocenters. The summed E-state index contributed by atoms with van der Waals surface area (Å²) in [5, 5.41) is 0. The summed E-state index contributed by atoms with van der Waals surface area (Å²) in [5.74, 6) is 0.672. The molecule has 0 spiro atoms. The molecule has 0 atom stereocenters. The van der Waals surface area contributed by atoms with Crippen LogP contribution < -0.4 is 14.4 Å². The van der Waals surface area contributed by atoms with Gasteiger partial charge in [-0.05, 0) is 50.5 Å². The van der Waals surface area contributed by atoms with Gasteiger partial charge in [-0.15, -0.1) is 0 Å². The lowest BCUT2D eigenvalue weighted by Gasteiger charge is -2.29. The Kier molecular flexibility index (Phi) is 6.13. The van der Waals surface area contributed by atoms with Crippen LogP contribution in [0.5, 0.6) is 5.75 Å². The average Bonchev–Trinajstić information content (AvgIpc) is 2.73. The van der Waals surface area contributed by atoms with Gasteiger partial charge in [0, 0.05) is 6.54 Å². The second-order valence-corrected chi connectivity index (χ2v) is 10.7. The molecule has 2 aromatic carbocycles. The zero-order valence-electron chi connectivity index (χ0n) is 18.2. The van der Waals surface area contributed by atoms with E-state index < -0.39 is 15.4 Å². The molecule has 6 nitrogen and oxygen atoms in total. The largest absolute Gasteiger partial charge is 0.490 e. The van der Waals surface area contributed by atoms with Crippen LogP contribution in [-0.2, 0) is 20.6 Å². The quantitative estimate of drug-likeness (QED) is 0.739. The Balaban J connectivity index is 1.90. The van der Waals surface area contributed by atoms with E-state index in [1.807, 2.05) is 58.9 Å². The number of benzene rings is 2. The highest BCUT2D eigenvalue weighted by Gasteiger charge is 2.38. The number of hydrogen-bond acceptors (Lipinski definition) is 4. The van der Waals surface area contributed by atoms with Crippen molar-refractivity contribution in [2.24, 2.45) is 11.3 Å². The average molecular weight is 431 g/mol. The lowest BCUT2D eigenvalue weighted by atomic mass is 9.92. The van der Waals surface area contributed by atoms with Crippen molar-refractivity contribution >= 4 is 27.3 Å². The number of anilines is 2. The lowest BCUT2D eigenvalue weighted by Crippen LogP contribution is -2.43. The molecule has 3 rings (SSSR count). The van der Waals surface area contributed by atoms with E-state index in [-0.39, 0.29) is 24.2 Å². The van der Waals surface area contributed by atoms with Crippen molar-refractivity contribution in [2.45, 2.75) is 40.4 Å². The van der Waals surface area contributed by atoms with Crippen molar-refractivity contribution in [2.75, 3.05) is 22.8 Å². The number of ether oxygens (including phenoxy) is 1. The van der Waals surface area contributed by atoms with Gasteiger partial charge in [0.15, 0.2) is 0 Å². The van der Waals surface area contributed by atoms with Gasteiger partial charge in [-0.1, -0.05) is 43.7 Å². The second-order valence-electron chi connectivity index (χ2n) is 9.01. The van der Waals surface area contributed by atoms with E-state index in [1.54, 1.807) is 23.1 Å². The number of sulfonamides is 1. The number of carbonyl (C=O) groups is 1. The molecule has 0 aromatic heterocycles. The first kappa shape index (κ1) is 22.2. The first-order valence-electron chi connectivity index (χ1n) is 10.1. The summed E-state index contributed by atoms with van der Waals surface area (Å²) in [4.78, 5) is 14.9. The number of fused-ring (bicyclic) bond motifs is 1. The SMILES string of the molecule is Cc1ccc(CS(=O)(=O)Nc2ccc3c(c2)N(CC(C)C)C(=O)C(C)(C)CO3)cc1. The normalized spacial score (nSPS) is 16.1. The maximum Gasteiger partial charge on any atom is 0.236 e. The predicted octanol–water partition coefficient (Wildman–Crippen LogP) is 4.34. The summed E-state index contributed by atoms with van der Waals surface area (Å²) in [7, 11) is -3.61. The van der Waals surface area contributed by atoms with Crippen LogP contribution >= 0.6 is 0 Å². The molecule has 1 N–H and O–H groups in total. The Morgan fingerprint density at radius 3 is 2.43 bits per heavy atom. The molecule has 1 amide bonds. The molecule has 162 valence electrons. The molecule has 1 heterocycles. The summed E-state index contributed by atoms with van der Waals surface area (Å²) < 4.78 is 33.9. The molecule has 1 aliphatic heterocycles. The molecule has 30 heavy (non-hydrogen) atoms. The Hall–Kier alpha value is -2.54. The van der Waals surface area contributed by atoms with Gasteiger partial charge >= 0.3 is 0 Å². The van der Waals surface area contributed by atoms with Gasteiger partial charge in [-0.2, -0.15) is 0 Å². The van der Waals surface area contributed by atoms with Crippen LogP contribution in [-0.4, -0.2) is 27.5 Å². The Morgan fingerprint density at radius 1 is 1.13 bits per heavy atom. The monoisotopic (exact) mass is 430 g/mol. The molecular weight excluding hydrogens is 400 g/mol. The van der Waals surface area contributed by atoms with Crippen LogP contribution in [0.15, 0.2) is 42.5 Å². The van der Waals surface area contributed by atoms with E-state index in [0.717, 1.165) is 5.56 Å². The maximum atomic E-state index is 13.1. The fourth-order valence-corrected chi connectivity index (χ4v) is 4.56. The summed E-state index contributed by atoms with van der Waals surface area (Å²) in [6.45, 7) is 10.6. The third kappa shape index (κ3) is 5.14. The fraction of sp³-hybridized carbons (Fsp3) is 0.435. The number of nitrogens with one attached hydrogen (secondary N) is 1. The lowest BCUT2D eigenvalue weighted by molar-refractivity contribution is -0.127. The number of nitrogens with zero attached hydrogens (tertiary/aromatic N) is 1. The molecule has 1 aliphatic rings. The van der Waals surface area contributed by atoms with Crippen LogP contribution in [0.4, 0.5) is 11.4 Å². The van der Waals surface area contributed by atoms with Crippen LogP contribution in [0, 0.1) is 18.3 Å². The molecule has 0 saturated heterocycles. The standard InChI is InChI=1S/C23H30N2O4S/c1-16(2)13-25-20-12-19(10-11-21(20)29-15-23(4,5)22(25)26)24-30(27,28)14-18-8-6-17(3)7-9-18/h6-12,16,24H,13-15H2,1-5H3. The molecule has 2 aromatic rings. The highest BCUT2D eigenvalue weighted by Crippen LogP contribution is 2.38. The predicted molar refractivity (Wildman–Crippen MR) is 120 cm³/mol. The van der Waals surface area contributed by atoms with Gasteiger partial charge < -0.3 is 9.64 Å². The minimum Gasteiger partial charge on any atom is -0.490 e. The van der Waals surface area contributed by atoms with Gasteiger partial charge in [0.05, 0.1) is 22.5 Å². The molecule has 0 radical (unpaired) electrons. The molecule has 0 saturated carbocycles. The number of aryl methyl sites for hydroxylation is 1. The summed E-state index contributed by atoms with van der Waals surface area (Å²) >= 11 is 0. The minimum atomic E-state index is -3.61. The van der Waals surface area contributed by atoms with Gasteiger partial charge in [0.2, 0.25) is 15.9 Å². The van der Waals surface area contributed by atoms with Crippen molar-refractivity contribution < 1.29 is 17.9 Å². The second kappa shape index (κ2) is 8.30. The zero-order chi connectivity index (χ0) is 22.1. The van der Waals surface area contributed by atoms with E-state index in [1.165, 1.54) is 0 Å². The number of amides is 1. The Bertz CT molecular complexity index is 1030. The molecule has 0 aliphatic carbocycles.